The van der Waals surface area contributed by atoms with E-state index in [2.05, 4.69) is 21.2 Å². The number of rotatable bonds is 4. The first kappa shape index (κ1) is 20.8. The van der Waals surface area contributed by atoms with Crippen LogP contribution in [-0.4, -0.2) is 25.2 Å². The van der Waals surface area contributed by atoms with Gasteiger partial charge in [-0.1, -0.05) is 39.7 Å². The number of hydrogen-bond acceptors (Lipinski definition) is 3. The number of aryl methyl sites for hydroxylation is 1. The quantitative estimate of drug-likeness (QED) is 0.580. The first-order chi connectivity index (χ1) is 14.3. The van der Waals surface area contributed by atoms with Crippen LogP contribution in [0.3, 0.4) is 0 Å². The van der Waals surface area contributed by atoms with Crippen molar-refractivity contribution in [2.24, 2.45) is 0 Å². The second-order valence-corrected chi connectivity index (χ2v) is 10.2. The molecule has 154 valence electrons. The predicted molar refractivity (Wildman–Crippen MR) is 121 cm³/mol. The van der Waals surface area contributed by atoms with E-state index in [1.807, 2.05) is 37.3 Å². The molecule has 0 atom stereocenters. The number of halogens is 1. The van der Waals surface area contributed by atoms with E-state index in [0.717, 1.165) is 21.2 Å². The van der Waals surface area contributed by atoms with Gasteiger partial charge in [-0.25, -0.2) is 8.42 Å². The van der Waals surface area contributed by atoms with E-state index in [9.17, 15) is 13.2 Å². The molecule has 7 heteroatoms. The van der Waals surface area contributed by atoms with Crippen molar-refractivity contribution in [3.63, 3.8) is 0 Å². The Morgan fingerprint density at radius 2 is 1.67 bits per heavy atom. The molecular formula is C23H21BrN2O3S. The van der Waals surface area contributed by atoms with Gasteiger partial charge < -0.3 is 5.32 Å². The first-order valence-electron chi connectivity index (χ1n) is 9.58. The molecular weight excluding hydrogens is 464 g/mol. The lowest BCUT2D eigenvalue weighted by Crippen LogP contribution is -2.36. The minimum Gasteiger partial charge on any atom is -0.322 e. The van der Waals surface area contributed by atoms with E-state index in [1.54, 1.807) is 36.4 Å². The van der Waals surface area contributed by atoms with Crippen LogP contribution in [0.15, 0.2) is 76.1 Å². The summed E-state index contributed by atoms with van der Waals surface area (Å²) in [6.45, 7) is 2.65. The Balaban J connectivity index is 1.54. The third-order valence-electron chi connectivity index (χ3n) is 5.21. The zero-order valence-corrected chi connectivity index (χ0v) is 18.8. The molecule has 0 bridgehead atoms. The number of benzene rings is 3. The van der Waals surface area contributed by atoms with Gasteiger partial charge in [0.25, 0.3) is 5.91 Å². The molecule has 3 aromatic rings. The summed E-state index contributed by atoms with van der Waals surface area (Å²) < 4.78 is 28.5. The summed E-state index contributed by atoms with van der Waals surface area (Å²) in [5.74, 6) is -0.206. The highest BCUT2D eigenvalue weighted by Crippen LogP contribution is 2.27. The fraction of sp³-hybridized carbons (Fsp3) is 0.174. The molecule has 5 nitrogen and oxygen atoms in total. The van der Waals surface area contributed by atoms with Crippen molar-refractivity contribution in [1.82, 2.24) is 4.31 Å². The molecule has 0 saturated carbocycles. The Kier molecular flexibility index (Phi) is 5.77. The summed E-state index contributed by atoms with van der Waals surface area (Å²) in [5.41, 5.74) is 4.23. The zero-order valence-electron chi connectivity index (χ0n) is 16.4. The van der Waals surface area contributed by atoms with Gasteiger partial charge in [-0.15, -0.1) is 0 Å². The molecule has 0 aliphatic carbocycles. The molecule has 1 aliphatic heterocycles. The van der Waals surface area contributed by atoms with E-state index in [-0.39, 0.29) is 12.5 Å². The zero-order chi connectivity index (χ0) is 21.3. The number of carbonyl (C=O) groups is 1. The number of carbonyl (C=O) groups excluding carboxylic acids is 1. The number of hydrogen-bond donors (Lipinski definition) is 1. The van der Waals surface area contributed by atoms with Crippen molar-refractivity contribution in [2.45, 2.75) is 24.8 Å². The third-order valence-corrected chi connectivity index (χ3v) is 7.59. The van der Waals surface area contributed by atoms with Gasteiger partial charge in [0.2, 0.25) is 10.0 Å². The highest BCUT2D eigenvalue weighted by atomic mass is 79.9. The van der Waals surface area contributed by atoms with Crippen molar-refractivity contribution in [3.8, 4) is 0 Å². The molecule has 1 amide bonds. The van der Waals surface area contributed by atoms with Crippen molar-refractivity contribution < 1.29 is 13.2 Å². The van der Waals surface area contributed by atoms with Crippen molar-refractivity contribution >= 4 is 37.5 Å². The number of nitrogens with one attached hydrogen (secondary N) is 1. The van der Waals surface area contributed by atoms with Crippen molar-refractivity contribution in [3.05, 3.63) is 93.5 Å². The van der Waals surface area contributed by atoms with E-state index in [1.165, 1.54) is 4.31 Å². The van der Waals surface area contributed by atoms with Crippen LogP contribution in [0.4, 0.5) is 5.69 Å². The monoisotopic (exact) mass is 484 g/mol. The maximum Gasteiger partial charge on any atom is 0.255 e. The second kappa shape index (κ2) is 8.34. The third kappa shape index (κ3) is 4.33. The fourth-order valence-corrected chi connectivity index (χ4v) is 5.16. The Morgan fingerprint density at radius 3 is 2.37 bits per heavy atom. The Morgan fingerprint density at radius 1 is 0.967 bits per heavy atom. The van der Waals surface area contributed by atoms with Gasteiger partial charge in [-0.2, -0.15) is 4.31 Å². The molecule has 3 aromatic carbocycles. The minimum absolute atomic E-state index is 0.206. The van der Waals surface area contributed by atoms with Gasteiger partial charge in [-0.05, 0) is 73.0 Å². The number of nitrogens with zero attached hydrogens (tertiary/aromatic N) is 1. The van der Waals surface area contributed by atoms with Crippen LogP contribution in [-0.2, 0) is 23.0 Å². The summed E-state index contributed by atoms with van der Waals surface area (Å²) >= 11 is 3.36. The molecule has 1 heterocycles. The number of sulfonamides is 1. The smallest absolute Gasteiger partial charge is 0.255 e. The summed E-state index contributed by atoms with van der Waals surface area (Å²) in [4.78, 5) is 12.8. The Bertz CT molecular complexity index is 1190. The standard InChI is InChI=1S/C23H21BrN2O3S/c1-16-2-10-22(11-3-16)30(28,29)26-13-12-17-6-9-21(14-19(17)15-26)25-23(27)18-4-7-20(24)8-5-18/h2-11,14H,12-13,15H2,1H3,(H,25,27). The van der Waals surface area contributed by atoms with Gasteiger partial charge in [-0.3, -0.25) is 4.79 Å². The molecule has 0 fully saturated rings. The fourth-order valence-electron chi connectivity index (χ4n) is 3.48. The molecule has 0 unspecified atom stereocenters. The predicted octanol–water partition coefficient (Wildman–Crippen LogP) is 4.76. The maximum atomic E-state index is 13.0. The van der Waals surface area contributed by atoms with Gasteiger partial charge in [0, 0.05) is 28.8 Å². The highest BCUT2D eigenvalue weighted by Gasteiger charge is 2.28. The molecule has 0 spiro atoms. The van der Waals surface area contributed by atoms with Crippen LogP contribution in [0.5, 0.6) is 0 Å². The first-order valence-corrected chi connectivity index (χ1v) is 11.8. The van der Waals surface area contributed by atoms with Crippen LogP contribution in [0.25, 0.3) is 0 Å². The lowest BCUT2D eigenvalue weighted by molar-refractivity contribution is 0.102. The van der Waals surface area contributed by atoms with Gasteiger partial charge in [0.15, 0.2) is 0 Å². The van der Waals surface area contributed by atoms with Crippen LogP contribution in [0.2, 0.25) is 0 Å². The molecule has 0 aromatic heterocycles. The van der Waals surface area contributed by atoms with Crippen LogP contribution >= 0.6 is 15.9 Å². The number of amides is 1. The lowest BCUT2D eigenvalue weighted by Gasteiger charge is -2.28. The molecule has 0 radical (unpaired) electrons. The highest BCUT2D eigenvalue weighted by molar-refractivity contribution is 9.10. The second-order valence-electron chi connectivity index (χ2n) is 7.35. The number of fused-ring (bicyclic) bond motifs is 1. The molecule has 1 aliphatic rings. The van der Waals surface area contributed by atoms with E-state index in [0.29, 0.717) is 29.1 Å². The molecule has 0 saturated heterocycles. The molecule has 1 N–H and O–H groups in total. The Labute approximate surface area is 184 Å². The Hall–Kier alpha value is -2.48. The summed E-state index contributed by atoms with van der Waals surface area (Å²) in [5, 5.41) is 2.90. The topological polar surface area (TPSA) is 66.5 Å². The van der Waals surface area contributed by atoms with Crippen LogP contribution in [0, 0.1) is 6.92 Å². The minimum atomic E-state index is -3.56. The van der Waals surface area contributed by atoms with Gasteiger partial charge >= 0.3 is 0 Å². The largest absolute Gasteiger partial charge is 0.322 e. The van der Waals surface area contributed by atoms with Crippen LogP contribution < -0.4 is 5.32 Å². The van der Waals surface area contributed by atoms with E-state index < -0.39 is 10.0 Å². The number of anilines is 1. The SMILES string of the molecule is Cc1ccc(S(=O)(=O)N2CCc3ccc(NC(=O)c4ccc(Br)cc4)cc3C2)cc1. The van der Waals surface area contributed by atoms with Gasteiger partial charge in [0.1, 0.15) is 0 Å². The average Bonchev–Trinajstić information content (AvgIpc) is 2.74. The van der Waals surface area contributed by atoms with Crippen LogP contribution in [0.1, 0.15) is 27.0 Å². The molecule has 30 heavy (non-hydrogen) atoms. The normalized spacial score (nSPS) is 14.2. The summed E-state index contributed by atoms with van der Waals surface area (Å²) in [6, 6.07) is 19.7. The lowest BCUT2D eigenvalue weighted by atomic mass is 10.0. The van der Waals surface area contributed by atoms with Gasteiger partial charge in [0.05, 0.1) is 4.90 Å². The average molecular weight is 485 g/mol. The van der Waals surface area contributed by atoms with E-state index in [4.69, 9.17) is 0 Å². The van der Waals surface area contributed by atoms with Crippen molar-refractivity contribution in [2.75, 3.05) is 11.9 Å². The summed E-state index contributed by atoms with van der Waals surface area (Å²) in [6.07, 6.45) is 0.640. The maximum absolute atomic E-state index is 13.0. The van der Waals surface area contributed by atoms with E-state index >= 15 is 0 Å². The summed E-state index contributed by atoms with van der Waals surface area (Å²) in [7, 11) is -3.56. The van der Waals surface area contributed by atoms with Crippen molar-refractivity contribution in [1.29, 1.82) is 0 Å². The molecule has 4 rings (SSSR count).